The summed E-state index contributed by atoms with van der Waals surface area (Å²) in [4.78, 5) is 12.2. The minimum Gasteiger partial charge on any atom is -0.393 e. The molecule has 0 amide bonds. The third-order valence-corrected chi connectivity index (χ3v) is 5.42. The number of carbonyl (C=O) groups excluding carboxylic acids is 1. The first-order valence-electron chi connectivity index (χ1n) is 6.94. The van der Waals surface area contributed by atoms with Gasteiger partial charge in [-0.3, -0.25) is 4.79 Å². The van der Waals surface area contributed by atoms with Crippen LogP contribution in [0.5, 0.6) is 0 Å². The van der Waals surface area contributed by atoms with Gasteiger partial charge in [-0.15, -0.1) is 0 Å². The topological polar surface area (TPSA) is 77.8 Å². The zero-order chi connectivity index (χ0) is 14.5. The molecule has 2 aliphatic rings. The first-order chi connectivity index (χ1) is 8.69. The normalized spacial score (nSPS) is 41.4. The highest BCUT2D eigenvalue weighted by molar-refractivity contribution is 5.87. The maximum absolute atomic E-state index is 12.2. The highest BCUT2D eigenvalue weighted by Crippen LogP contribution is 2.60. The van der Waals surface area contributed by atoms with Crippen molar-refractivity contribution in [3.63, 3.8) is 0 Å². The van der Waals surface area contributed by atoms with Crippen LogP contribution in [0.1, 0.15) is 46.5 Å². The molecule has 0 radical (unpaired) electrons. The van der Waals surface area contributed by atoms with Crippen LogP contribution < -0.4 is 0 Å². The van der Waals surface area contributed by atoms with Gasteiger partial charge in [-0.2, -0.15) is 0 Å². The van der Waals surface area contributed by atoms with Gasteiger partial charge in [0.1, 0.15) is 11.4 Å². The smallest absolute Gasteiger partial charge is 0.142 e. The van der Waals surface area contributed by atoms with E-state index in [-0.39, 0.29) is 17.8 Å². The van der Waals surface area contributed by atoms with Crippen LogP contribution in [0.4, 0.5) is 0 Å². The van der Waals surface area contributed by atoms with E-state index in [0.717, 1.165) is 12.8 Å². The molecule has 4 nitrogen and oxygen atoms in total. The predicted molar refractivity (Wildman–Crippen MR) is 71.5 cm³/mol. The molecule has 0 aromatic carbocycles. The second-order valence-corrected chi connectivity index (χ2v) is 6.64. The summed E-state index contributed by atoms with van der Waals surface area (Å²) >= 11 is 0. The second-order valence-electron chi connectivity index (χ2n) is 6.64. The number of aliphatic hydroxyl groups excluding tert-OH is 2. The summed E-state index contributed by atoms with van der Waals surface area (Å²) in [5.74, 6) is -0.0501. The zero-order valence-electron chi connectivity index (χ0n) is 11.9. The van der Waals surface area contributed by atoms with Crippen molar-refractivity contribution < 1.29 is 20.1 Å². The first-order valence-corrected chi connectivity index (χ1v) is 6.94. The molecule has 2 rings (SSSR count). The van der Waals surface area contributed by atoms with E-state index in [2.05, 4.69) is 0 Å². The van der Waals surface area contributed by atoms with Gasteiger partial charge < -0.3 is 15.3 Å². The molecule has 0 unspecified atom stereocenters. The summed E-state index contributed by atoms with van der Waals surface area (Å²) in [6, 6.07) is 0. The molecule has 0 bridgehead atoms. The first kappa shape index (κ1) is 14.7. The van der Waals surface area contributed by atoms with Crippen molar-refractivity contribution in [1.29, 1.82) is 0 Å². The Morgan fingerprint density at radius 2 is 2.16 bits per heavy atom. The van der Waals surface area contributed by atoms with Crippen LogP contribution in [0.15, 0.2) is 11.6 Å². The van der Waals surface area contributed by atoms with Crippen LogP contribution in [0.3, 0.4) is 0 Å². The van der Waals surface area contributed by atoms with Gasteiger partial charge in [0.25, 0.3) is 0 Å². The third kappa shape index (κ3) is 1.89. The summed E-state index contributed by atoms with van der Waals surface area (Å²) in [5, 5.41) is 29.9. The molecule has 3 N–H and O–H groups in total. The van der Waals surface area contributed by atoms with Gasteiger partial charge in [-0.05, 0) is 50.5 Å². The quantitative estimate of drug-likeness (QED) is 0.672. The van der Waals surface area contributed by atoms with Crippen molar-refractivity contribution >= 4 is 5.78 Å². The van der Waals surface area contributed by atoms with Crippen molar-refractivity contribution in [3.05, 3.63) is 11.6 Å². The molecule has 1 saturated carbocycles. The molecular formula is C15H24O4. The molecule has 0 heterocycles. The number of rotatable bonds is 3. The average Bonchev–Trinajstić information content (AvgIpc) is 2.62. The molecule has 2 aliphatic carbocycles. The fraction of sp³-hybridized carbons (Fsp3) is 0.800. The monoisotopic (exact) mass is 268 g/mol. The van der Waals surface area contributed by atoms with E-state index in [1.54, 1.807) is 13.0 Å². The Morgan fingerprint density at radius 3 is 2.68 bits per heavy atom. The number of Topliss-reactive ketones (excluding diaryl/α,β-unsaturated/α-hetero) is 1. The highest BCUT2D eigenvalue weighted by atomic mass is 16.3. The fourth-order valence-electron chi connectivity index (χ4n) is 3.94. The molecule has 0 saturated heterocycles. The Kier molecular flexibility index (Phi) is 3.40. The van der Waals surface area contributed by atoms with Gasteiger partial charge in [0.2, 0.25) is 0 Å². The van der Waals surface area contributed by atoms with Gasteiger partial charge in [0.15, 0.2) is 0 Å². The van der Waals surface area contributed by atoms with Crippen LogP contribution in [0, 0.1) is 10.8 Å². The van der Waals surface area contributed by atoms with Crippen LogP contribution >= 0.6 is 0 Å². The van der Waals surface area contributed by atoms with Crippen molar-refractivity contribution in [2.75, 3.05) is 6.61 Å². The number of fused-ring (bicyclic) bond motifs is 1. The van der Waals surface area contributed by atoms with E-state index in [1.165, 1.54) is 6.92 Å². The lowest BCUT2D eigenvalue weighted by Gasteiger charge is -2.47. The number of hydrogen-bond donors (Lipinski definition) is 3. The number of ketones is 1. The average molecular weight is 268 g/mol. The van der Waals surface area contributed by atoms with Crippen molar-refractivity contribution in [1.82, 2.24) is 0 Å². The minimum atomic E-state index is -1.31. The van der Waals surface area contributed by atoms with Gasteiger partial charge in [-0.25, -0.2) is 0 Å². The minimum absolute atomic E-state index is 0.0501. The molecule has 0 spiro atoms. The van der Waals surface area contributed by atoms with Crippen LogP contribution in [0.2, 0.25) is 0 Å². The molecule has 108 valence electrons. The van der Waals surface area contributed by atoms with E-state index < -0.39 is 17.1 Å². The SMILES string of the molecule is CC(=O)[C@]12C=C([C@@](C)(O)CO)CC[C@@]1(C)CC[C@H]2O. The maximum Gasteiger partial charge on any atom is 0.142 e. The Labute approximate surface area is 114 Å². The zero-order valence-corrected chi connectivity index (χ0v) is 11.9. The maximum atomic E-state index is 12.2. The Bertz CT molecular complexity index is 426. The summed E-state index contributed by atoms with van der Waals surface area (Å²) in [6.07, 6.45) is 3.91. The molecule has 4 heteroatoms. The Hall–Kier alpha value is -0.710. The largest absolute Gasteiger partial charge is 0.393 e. The standard InChI is InChI=1S/C15H24O4/c1-10(17)15-8-11(14(3,19)9-16)4-6-13(15,2)7-5-12(15)18/h8,12,16,18-19H,4-7,9H2,1-3H3/t12-,13+,14+,15+/m1/s1. The number of aliphatic hydroxyl groups is 3. The van der Waals surface area contributed by atoms with Gasteiger partial charge in [-0.1, -0.05) is 13.0 Å². The molecule has 0 aromatic rings. The molecule has 0 aromatic heterocycles. The van der Waals surface area contributed by atoms with E-state index in [9.17, 15) is 20.1 Å². The van der Waals surface area contributed by atoms with Crippen molar-refractivity contribution in [3.8, 4) is 0 Å². The van der Waals surface area contributed by atoms with Gasteiger partial charge in [0.05, 0.1) is 18.1 Å². The van der Waals surface area contributed by atoms with Gasteiger partial charge in [0, 0.05) is 0 Å². The summed E-state index contributed by atoms with van der Waals surface area (Å²) in [7, 11) is 0. The molecule has 19 heavy (non-hydrogen) atoms. The summed E-state index contributed by atoms with van der Waals surface area (Å²) < 4.78 is 0. The summed E-state index contributed by atoms with van der Waals surface area (Å²) in [6.45, 7) is 4.74. The predicted octanol–water partition coefficient (Wildman–Crippen LogP) is 1.19. The van der Waals surface area contributed by atoms with E-state index in [0.29, 0.717) is 18.4 Å². The molecule has 0 aliphatic heterocycles. The molecule has 1 fully saturated rings. The highest BCUT2D eigenvalue weighted by Gasteiger charge is 2.60. The van der Waals surface area contributed by atoms with Gasteiger partial charge >= 0.3 is 0 Å². The fourth-order valence-corrected chi connectivity index (χ4v) is 3.94. The lowest BCUT2D eigenvalue weighted by molar-refractivity contribution is -0.135. The van der Waals surface area contributed by atoms with Crippen LogP contribution in [-0.2, 0) is 4.79 Å². The van der Waals surface area contributed by atoms with Crippen LogP contribution in [0.25, 0.3) is 0 Å². The second kappa shape index (κ2) is 4.40. The molecular weight excluding hydrogens is 244 g/mol. The number of carbonyl (C=O) groups is 1. The van der Waals surface area contributed by atoms with E-state index >= 15 is 0 Å². The lowest BCUT2D eigenvalue weighted by atomic mass is 9.57. The Morgan fingerprint density at radius 1 is 1.53 bits per heavy atom. The lowest BCUT2D eigenvalue weighted by Crippen LogP contribution is -2.50. The van der Waals surface area contributed by atoms with Crippen molar-refractivity contribution in [2.24, 2.45) is 10.8 Å². The van der Waals surface area contributed by atoms with Crippen molar-refractivity contribution in [2.45, 2.75) is 58.2 Å². The Balaban J connectivity index is 2.55. The number of hydrogen-bond acceptors (Lipinski definition) is 4. The van der Waals surface area contributed by atoms with E-state index in [1.807, 2.05) is 6.92 Å². The van der Waals surface area contributed by atoms with E-state index in [4.69, 9.17) is 0 Å². The van der Waals surface area contributed by atoms with Crippen LogP contribution in [-0.4, -0.2) is 39.4 Å². The third-order valence-electron chi connectivity index (χ3n) is 5.42. The summed E-state index contributed by atoms with van der Waals surface area (Å²) in [5.41, 5.74) is -1.79. The molecule has 4 atom stereocenters.